The fourth-order valence-electron chi connectivity index (χ4n) is 3.34. The van der Waals surface area contributed by atoms with Crippen LogP contribution in [0.3, 0.4) is 0 Å². The summed E-state index contributed by atoms with van der Waals surface area (Å²) in [5.74, 6) is -1.09. The molecular formula is C21H22F2N4O2. The van der Waals surface area contributed by atoms with Crippen LogP contribution >= 0.6 is 0 Å². The van der Waals surface area contributed by atoms with Crippen molar-refractivity contribution in [2.75, 3.05) is 18.9 Å². The lowest BCUT2D eigenvalue weighted by molar-refractivity contribution is -0.116. The van der Waals surface area contributed by atoms with E-state index >= 15 is 0 Å². The number of alkyl halides is 2. The van der Waals surface area contributed by atoms with Crippen LogP contribution in [0.4, 0.5) is 14.7 Å². The van der Waals surface area contributed by atoms with Crippen LogP contribution in [-0.2, 0) is 10.5 Å². The largest absolute Gasteiger partial charge is 0.332 e. The van der Waals surface area contributed by atoms with Crippen LogP contribution in [0.5, 0.6) is 0 Å². The average Bonchev–Trinajstić information content (AvgIpc) is 3.61. The molecular weight excluding hydrogens is 378 g/mol. The van der Waals surface area contributed by atoms with Gasteiger partial charge in [0.2, 0.25) is 11.9 Å². The highest BCUT2D eigenvalue weighted by atomic mass is 19.1. The molecule has 1 N–H and O–H groups in total. The van der Waals surface area contributed by atoms with Gasteiger partial charge in [0.15, 0.2) is 0 Å². The Hall–Kier alpha value is -2.90. The van der Waals surface area contributed by atoms with Crippen LogP contribution < -0.4 is 5.32 Å². The van der Waals surface area contributed by atoms with Gasteiger partial charge in [0.25, 0.3) is 5.91 Å². The zero-order valence-electron chi connectivity index (χ0n) is 16.3. The van der Waals surface area contributed by atoms with Crippen molar-refractivity contribution in [1.82, 2.24) is 14.9 Å². The van der Waals surface area contributed by atoms with E-state index in [1.54, 1.807) is 30.6 Å². The van der Waals surface area contributed by atoms with Gasteiger partial charge in [0.05, 0.1) is 6.54 Å². The summed E-state index contributed by atoms with van der Waals surface area (Å²) in [6, 6.07) is 4.76. The maximum atomic E-state index is 14.4. The van der Waals surface area contributed by atoms with E-state index in [-0.39, 0.29) is 18.4 Å². The third-order valence-corrected chi connectivity index (χ3v) is 5.36. The van der Waals surface area contributed by atoms with Crippen LogP contribution in [0.2, 0.25) is 0 Å². The van der Waals surface area contributed by atoms with Crippen molar-refractivity contribution in [3.8, 4) is 0 Å². The number of carbonyl (C=O) groups is 2. The monoisotopic (exact) mass is 400 g/mol. The third-order valence-electron chi connectivity index (χ3n) is 5.36. The SMILES string of the molecule is Cc1cnc(NC(=O)CN(C)C(=O)c2ccc(C3(F)CC3)cc2[C@@H]2C[C@H]2F)nc1. The molecule has 2 amide bonds. The fourth-order valence-corrected chi connectivity index (χ4v) is 3.34. The molecule has 0 saturated heterocycles. The highest BCUT2D eigenvalue weighted by molar-refractivity contribution is 6.00. The molecule has 2 fully saturated rings. The first-order valence-corrected chi connectivity index (χ1v) is 9.58. The number of aromatic nitrogens is 2. The molecule has 2 saturated carbocycles. The van der Waals surface area contributed by atoms with Crippen molar-refractivity contribution in [1.29, 1.82) is 0 Å². The lowest BCUT2D eigenvalue weighted by Crippen LogP contribution is -2.35. The number of halogens is 2. The van der Waals surface area contributed by atoms with E-state index in [0.29, 0.717) is 36.0 Å². The smallest absolute Gasteiger partial charge is 0.254 e. The van der Waals surface area contributed by atoms with Gasteiger partial charge in [-0.2, -0.15) is 0 Å². The highest BCUT2D eigenvalue weighted by Crippen LogP contribution is 2.52. The lowest BCUT2D eigenvalue weighted by atomic mass is 9.96. The number of rotatable bonds is 6. The molecule has 6 nitrogen and oxygen atoms in total. The number of aryl methyl sites for hydroxylation is 1. The molecule has 0 radical (unpaired) electrons. The first kappa shape index (κ1) is 19.4. The van der Waals surface area contributed by atoms with Gasteiger partial charge in [0.1, 0.15) is 11.8 Å². The van der Waals surface area contributed by atoms with Crippen LogP contribution in [0.15, 0.2) is 30.6 Å². The molecule has 2 aromatic rings. The number of nitrogens with zero attached hydrogens (tertiary/aromatic N) is 3. The van der Waals surface area contributed by atoms with E-state index < -0.39 is 23.7 Å². The maximum absolute atomic E-state index is 14.4. The maximum Gasteiger partial charge on any atom is 0.254 e. The van der Waals surface area contributed by atoms with Crippen LogP contribution in [0.25, 0.3) is 0 Å². The Morgan fingerprint density at radius 2 is 1.93 bits per heavy atom. The predicted octanol–water partition coefficient (Wildman–Crippen LogP) is 3.28. The highest BCUT2D eigenvalue weighted by Gasteiger charge is 2.47. The predicted molar refractivity (Wildman–Crippen MR) is 103 cm³/mol. The first-order chi connectivity index (χ1) is 13.8. The third kappa shape index (κ3) is 4.11. The van der Waals surface area contributed by atoms with Crippen molar-refractivity contribution in [2.24, 2.45) is 0 Å². The second-order valence-electron chi connectivity index (χ2n) is 7.92. The summed E-state index contributed by atoms with van der Waals surface area (Å²) < 4.78 is 28.2. The van der Waals surface area contributed by atoms with E-state index in [0.717, 1.165) is 5.56 Å². The normalized spacial score (nSPS) is 21.4. The Labute approximate surface area is 167 Å². The lowest BCUT2D eigenvalue weighted by Gasteiger charge is -2.19. The molecule has 0 aliphatic heterocycles. The van der Waals surface area contributed by atoms with Gasteiger partial charge < -0.3 is 4.90 Å². The summed E-state index contributed by atoms with van der Waals surface area (Å²) in [6.45, 7) is 1.62. The second kappa shape index (κ2) is 7.17. The Morgan fingerprint density at radius 3 is 2.52 bits per heavy atom. The van der Waals surface area contributed by atoms with Gasteiger partial charge in [-0.25, -0.2) is 18.7 Å². The number of hydrogen-bond acceptors (Lipinski definition) is 4. The number of hydrogen-bond donors (Lipinski definition) is 1. The molecule has 2 aliphatic rings. The molecule has 0 unspecified atom stereocenters. The van der Waals surface area contributed by atoms with E-state index in [2.05, 4.69) is 15.3 Å². The van der Waals surface area contributed by atoms with E-state index in [9.17, 15) is 18.4 Å². The molecule has 1 aromatic carbocycles. The summed E-state index contributed by atoms with van der Waals surface area (Å²) in [5, 5.41) is 2.54. The summed E-state index contributed by atoms with van der Waals surface area (Å²) >= 11 is 0. The van der Waals surface area contributed by atoms with Gasteiger partial charge in [0, 0.05) is 30.9 Å². The molecule has 1 heterocycles. The van der Waals surface area contributed by atoms with Crippen molar-refractivity contribution >= 4 is 17.8 Å². The molecule has 2 atom stereocenters. The number of anilines is 1. The van der Waals surface area contributed by atoms with Crippen LogP contribution in [-0.4, -0.2) is 46.4 Å². The van der Waals surface area contributed by atoms with Crippen LogP contribution in [0.1, 0.15) is 52.2 Å². The minimum atomic E-state index is -1.35. The van der Waals surface area contributed by atoms with Crippen molar-refractivity contribution in [2.45, 2.75) is 43.9 Å². The van der Waals surface area contributed by atoms with Gasteiger partial charge in [-0.05, 0) is 48.9 Å². The summed E-state index contributed by atoms with van der Waals surface area (Å²) in [5.41, 5.74) is 0.846. The Kier molecular flexibility index (Phi) is 4.80. The first-order valence-electron chi connectivity index (χ1n) is 9.58. The molecule has 1 aromatic heterocycles. The van der Waals surface area contributed by atoms with Gasteiger partial charge in [-0.1, -0.05) is 12.1 Å². The second-order valence-corrected chi connectivity index (χ2v) is 7.92. The van der Waals surface area contributed by atoms with Crippen LogP contribution in [0, 0.1) is 6.92 Å². The van der Waals surface area contributed by atoms with Gasteiger partial charge in [-0.3, -0.25) is 14.9 Å². The molecule has 0 spiro atoms. The molecule has 29 heavy (non-hydrogen) atoms. The molecule has 2 aliphatic carbocycles. The number of nitrogens with one attached hydrogen (secondary N) is 1. The summed E-state index contributed by atoms with van der Waals surface area (Å²) in [4.78, 5) is 34.4. The van der Waals surface area contributed by atoms with E-state index in [1.807, 2.05) is 6.92 Å². The zero-order chi connectivity index (χ0) is 20.8. The summed E-state index contributed by atoms with van der Waals surface area (Å²) in [7, 11) is 1.49. The minimum absolute atomic E-state index is 0.155. The fraction of sp³-hybridized carbons (Fsp3) is 0.429. The van der Waals surface area contributed by atoms with E-state index in [4.69, 9.17) is 0 Å². The Bertz CT molecular complexity index is 960. The van der Waals surface area contributed by atoms with Crippen molar-refractivity contribution in [3.05, 3.63) is 52.8 Å². The molecule has 4 rings (SSSR count). The van der Waals surface area contributed by atoms with Crippen molar-refractivity contribution in [3.63, 3.8) is 0 Å². The quantitative estimate of drug-likeness (QED) is 0.808. The Balaban J connectivity index is 1.48. The van der Waals surface area contributed by atoms with Gasteiger partial charge in [-0.15, -0.1) is 0 Å². The average molecular weight is 400 g/mol. The Morgan fingerprint density at radius 1 is 1.28 bits per heavy atom. The molecule has 152 valence electrons. The number of benzene rings is 1. The van der Waals surface area contributed by atoms with Crippen molar-refractivity contribution < 1.29 is 18.4 Å². The number of likely N-dealkylation sites (N-methyl/N-ethyl adjacent to an activating group) is 1. The zero-order valence-corrected chi connectivity index (χ0v) is 16.3. The van der Waals surface area contributed by atoms with Gasteiger partial charge >= 0.3 is 0 Å². The molecule has 8 heteroatoms. The number of carbonyl (C=O) groups excluding carboxylic acids is 2. The summed E-state index contributed by atoms with van der Waals surface area (Å²) in [6.07, 6.45) is 3.36. The topological polar surface area (TPSA) is 75.2 Å². The number of amides is 2. The van der Waals surface area contributed by atoms with E-state index in [1.165, 1.54) is 11.9 Å². The minimum Gasteiger partial charge on any atom is -0.332 e. The standard InChI is InChI=1S/C21H22F2N4O2/c1-12-9-24-20(25-10-12)26-18(28)11-27(2)19(29)14-4-3-13(21(23)5-6-21)7-15(14)16-8-17(16)22/h3-4,7,9-10,16-17H,5-6,8,11H2,1-2H3,(H,24,25,26,28)/t16-,17+/m0/s1. The molecule has 0 bridgehead atoms.